The van der Waals surface area contributed by atoms with Crippen LogP contribution in [0.25, 0.3) is 0 Å². The van der Waals surface area contributed by atoms with Crippen LogP contribution < -0.4 is 10.6 Å². The van der Waals surface area contributed by atoms with Crippen LogP contribution in [0.5, 0.6) is 0 Å². The van der Waals surface area contributed by atoms with Crippen LogP contribution in [0.15, 0.2) is 29.4 Å². The van der Waals surface area contributed by atoms with Crippen molar-refractivity contribution in [3.8, 4) is 6.07 Å². The number of hydrogen-bond donors (Lipinski definition) is 3. The van der Waals surface area contributed by atoms with Crippen LogP contribution in [-0.4, -0.2) is 56.5 Å². The minimum atomic E-state index is -5.51. The van der Waals surface area contributed by atoms with Gasteiger partial charge in [0.25, 0.3) is 5.91 Å². The zero-order chi connectivity index (χ0) is 30.3. The Balaban J connectivity index is 2.05. The molecule has 3 rings (SSSR count). The highest BCUT2D eigenvalue weighted by Crippen LogP contribution is 2.51. The minimum Gasteiger partial charge on any atom is -0.444 e. The van der Waals surface area contributed by atoms with E-state index in [1.165, 1.54) is 33.8 Å². The van der Waals surface area contributed by atoms with E-state index in [4.69, 9.17) is 10.00 Å². The van der Waals surface area contributed by atoms with Crippen LogP contribution in [-0.2, 0) is 10.3 Å². The Bertz CT molecular complexity index is 1420. The van der Waals surface area contributed by atoms with Crippen molar-refractivity contribution in [2.24, 2.45) is 4.99 Å². The van der Waals surface area contributed by atoms with Crippen molar-refractivity contribution in [3.63, 3.8) is 0 Å². The fourth-order valence-corrected chi connectivity index (χ4v) is 4.09. The SMILES string of the molecule is Cc1cc(C#N)cnc1C(=O)Nc1ccc(F)c([C@@]2(C)N=C(NC(=O)OC(C)(C)C)C[C@@]2(F)[C@H](O)C(F)(F)F)n1. The molecule has 40 heavy (non-hydrogen) atoms. The van der Waals surface area contributed by atoms with E-state index in [9.17, 15) is 27.9 Å². The highest BCUT2D eigenvalue weighted by molar-refractivity contribution is 6.03. The topological polar surface area (TPSA) is 150 Å². The maximum Gasteiger partial charge on any atom is 0.417 e. The van der Waals surface area contributed by atoms with Crippen LogP contribution >= 0.6 is 0 Å². The van der Waals surface area contributed by atoms with E-state index < -0.39 is 70.7 Å². The molecule has 0 saturated carbocycles. The zero-order valence-corrected chi connectivity index (χ0v) is 21.9. The van der Waals surface area contributed by atoms with Gasteiger partial charge in [-0.05, 0) is 58.4 Å². The smallest absolute Gasteiger partial charge is 0.417 e. The summed E-state index contributed by atoms with van der Waals surface area (Å²) in [5.74, 6) is -3.22. The number of halogens is 5. The molecule has 0 aliphatic carbocycles. The van der Waals surface area contributed by atoms with Crippen LogP contribution in [0.4, 0.5) is 32.6 Å². The van der Waals surface area contributed by atoms with E-state index >= 15 is 8.78 Å². The Labute approximate surface area is 225 Å². The third-order valence-corrected chi connectivity index (χ3v) is 5.95. The lowest BCUT2D eigenvalue weighted by atomic mass is 9.76. The molecular weight excluding hydrogens is 543 g/mol. The number of aliphatic imine (C=N–C) groups is 1. The number of aliphatic hydroxyl groups is 1. The standard InChI is InChI=1S/C25H25F5N6O4/c1-12-8-13(10-31)11-32-17(12)19(37)34-15-7-6-14(26)18(33-15)23(5)24(27,20(38)25(28,29)30)9-16(36-23)35-21(39)40-22(2,3)4/h6-8,11,20,38H,9H2,1-5H3,(H,33,34,37)(H,35,36,39)/t20-,23+,24+/m0/s1. The van der Waals surface area contributed by atoms with Gasteiger partial charge in [-0.1, -0.05) is 0 Å². The van der Waals surface area contributed by atoms with Gasteiger partial charge in [0.15, 0.2) is 11.8 Å². The lowest BCUT2D eigenvalue weighted by Crippen LogP contribution is -2.57. The highest BCUT2D eigenvalue weighted by atomic mass is 19.4. The third kappa shape index (κ3) is 6.01. The average Bonchev–Trinajstić information content (AvgIpc) is 3.08. The van der Waals surface area contributed by atoms with Crippen LogP contribution in [0.3, 0.4) is 0 Å². The molecule has 2 aromatic heterocycles. The van der Waals surface area contributed by atoms with Gasteiger partial charge in [-0.25, -0.2) is 23.5 Å². The number of carbonyl (C=O) groups excluding carboxylic acids is 2. The number of carbonyl (C=O) groups is 2. The number of hydrogen-bond acceptors (Lipinski definition) is 8. The molecule has 0 radical (unpaired) electrons. The summed E-state index contributed by atoms with van der Waals surface area (Å²) in [4.78, 5) is 36.5. The van der Waals surface area contributed by atoms with Gasteiger partial charge < -0.3 is 15.2 Å². The number of nitriles is 1. The van der Waals surface area contributed by atoms with Gasteiger partial charge in [0.05, 0.1) is 5.56 Å². The molecule has 0 fully saturated rings. The largest absolute Gasteiger partial charge is 0.444 e. The summed E-state index contributed by atoms with van der Waals surface area (Å²) in [6, 6.07) is 4.93. The second-order valence-electron chi connectivity index (χ2n) is 10.2. The highest BCUT2D eigenvalue weighted by Gasteiger charge is 2.67. The van der Waals surface area contributed by atoms with E-state index in [0.29, 0.717) is 5.56 Å². The number of alkyl carbamates (subject to hydrolysis) is 1. The van der Waals surface area contributed by atoms with Crippen molar-refractivity contribution in [2.45, 2.75) is 70.1 Å². The average molecular weight is 569 g/mol. The van der Waals surface area contributed by atoms with Gasteiger partial charge in [0.2, 0.25) is 0 Å². The van der Waals surface area contributed by atoms with Crippen molar-refractivity contribution in [1.29, 1.82) is 5.26 Å². The second kappa shape index (κ2) is 10.4. The maximum atomic E-state index is 16.3. The number of rotatable bonds is 4. The Hall–Kier alpha value is -4.19. The lowest BCUT2D eigenvalue weighted by molar-refractivity contribution is -0.250. The van der Waals surface area contributed by atoms with Gasteiger partial charge in [-0.3, -0.25) is 15.1 Å². The molecule has 214 valence electrons. The third-order valence-electron chi connectivity index (χ3n) is 5.95. The molecule has 10 nitrogen and oxygen atoms in total. The molecule has 3 atom stereocenters. The predicted molar refractivity (Wildman–Crippen MR) is 131 cm³/mol. The number of aliphatic hydroxyl groups excluding tert-OH is 1. The van der Waals surface area contributed by atoms with E-state index in [0.717, 1.165) is 25.3 Å². The Morgan fingerprint density at radius 3 is 2.42 bits per heavy atom. The molecule has 0 unspecified atom stereocenters. The number of alkyl halides is 4. The zero-order valence-electron chi connectivity index (χ0n) is 21.9. The van der Waals surface area contributed by atoms with Crippen LogP contribution in [0.2, 0.25) is 0 Å². The first-order valence-electron chi connectivity index (χ1n) is 11.7. The summed E-state index contributed by atoms with van der Waals surface area (Å²) in [6.07, 6.45) is -10.5. The van der Waals surface area contributed by atoms with Crippen LogP contribution in [0, 0.1) is 24.1 Å². The molecule has 0 bridgehead atoms. The Kier molecular flexibility index (Phi) is 7.90. The Morgan fingerprint density at radius 1 is 1.23 bits per heavy atom. The molecule has 3 heterocycles. The van der Waals surface area contributed by atoms with E-state index in [2.05, 4.69) is 20.3 Å². The number of aromatic nitrogens is 2. The summed E-state index contributed by atoms with van der Waals surface area (Å²) in [7, 11) is 0. The van der Waals surface area contributed by atoms with Gasteiger partial charge in [0, 0.05) is 12.6 Å². The molecule has 0 saturated heterocycles. The minimum absolute atomic E-state index is 0.132. The van der Waals surface area contributed by atoms with Crippen molar-refractivity contribution in [3.05, 3.63) is 52.7 Å². The van der Waals surface area contributed by atoms with Crippen molar-refractivity contribution >= 4 is 23.7 Å². The quantitative estimate of drug-likeness (QED) is 0.468. The molecule has 1 aliphatic heterocycles. The van der Waals surface area contributed by atoms with Gasteiger partial charge in [0.1, 0.15) is 46.1 Å². The summed E-state index contributed by atoms with van der Waals surface area (Å²) < 4.78 is 77.2. The molecular formula is C25H25F5N6O4. The van der Waals surface area contributed by atoms with Gasteiger partial charge in [-0.15, -0.1) is 0 Å². The molecule has 0 spiro atoms. The number of aryl methyl sites for hydroxylation is 1. The normalized spacial score (nSPS) is 21.7. The number of anilines is 1. The summed E-state index contributed by atoms with van der Waals surface area (Å²) in [5, 5.41) is 23.3. The van der Waals surface area contributed by atoms with E-state index in [-0.39, 0.29) is 11.3 Å². The summed E-state index contributed by atoms with van der Waals surface area (Å²) in [5.41, 5.74) is -8.22. The summed E-state index contributed by atoms with van der Waals surface area (Å²) in [6.45, 7) is 6.79. The lowest BCUT2D eigenvalue weighted by Gasteiger charge is -2.38. The fraction of sp³-hybridized carbons (Fsp3) is 0.440. The molecule has 2 aromatic rings. The molecule has 0 aromatic carbocycles. The molecule has 1 aliphatic rings. The first-order valence-corrected chi connectivity index (χ1v) is 11.7. The molecule has 15 heteroatoms. The maximum absolute atomic E-state index is 16.3. The van der Waals surface area contributed by atoms with E-state index in [1.807, 2.05) is 11.4 Å². The first-order chi connectivity index (χ1) is 18.3. The van der Waals surface area contributed by atoms with Gasteiger partial charge in [-0.2, -0.15) is 18.4 Å². The first kappa shape index (κ1) is 30.4. The summed E-state index contributed by atoms with van der Waals surface area (Å²) >= 11 is 0. The fourth-order valence-electron chi connectivity index (χ4n) is 4.09. The number of nitrogens with one attached hydrogen (secondary N) is 2. The number of amides is 2. The number of pyridine rings is 2. The second-order valence-corrected chi connectivity index (χ2v) is 10.2. The molecule has 3 N–H and O–H groups in total. The number of ether oxygens (including phenoxy) is 1. The predicted octanol–water partition coefficient (Wildman–Crippen LogP) is 4.22. The van der Waals surface area contributed by atoms with Crippen molar-refractivity contribution in [1.82, 2.24) is 15.3 Å². The van der Waals surface area contributed by atoms with Crippen molar-refractivity contribution < 1.29 is 41.4 Å². The monoisotopic (exact) mass is 568 g/mol. The molecule has 2 amide bonds. The van der Waals surface area contributed by atoms with Crippen LogP contribution in [0.1, 0.15) is 61.4 Å². The Morgan fingerprint density at radius 2 is 1.88 bits per heavy atom. The van der Waals surface area contributed by atoms with Crippen molar-refractivity contribution in [2.75, 3.05) is 5.32 Å². The number of nitrogens with zero attached hydrogens (tertiary/aromatic N) is 4. The number of amidine groups is 1. The van der Waals surface area contributed by atoms with E-state index in [1.54, 1.807) is 0 Å². The van der Waals surface area contributed by atoms with Gasteiger partial charge >= 0.3 is 12.3 Å².